The third-order valence-electron chi connectivity index (χ3n) is 3.28. The minimum absolute atomic E-state index is 0.135. The molecule has 1 saturated heterocycles. The third kappa shape index (κ3) is 1.96. The number of hydrogen-bond acceptors (Lipinski definition) is 3. The summed E-state index contributed by atoms with van der Waals surface area (Å²) in [4.78, 5) is 12.5. The van der Waals surface area contributed by atoms with Gasteiger partial charge in [0.1, 0.15) is 0 Å². The Morgan fingerprint density at radius 2 is 2.50 bits per heavy atom. The molecule has 1 aromatic rings. The fourth-order valence-electron chi connectivity index (χ4n) is 2.44. The van der Waals surface area contributed by atoms with Gasteiger partial charge in [-0.3, -0.25) is 4.79 Å². The Kier molecular flexibility index (Phi) is 3.50. The van der Waals surface area contributed by atoms with Crippen molar-refractivity contribution < 1.29 is 9.21 Å². The van der Waals surface area contributed by atoms with E-state index in [-0.39, 0.29) is 11.2 Å². The molecule has 0 radical (unpaired) electrons. The zero-order valence-corrected chi connectivity index (χ0v) is 11.0. The van der Waals surface area contributed by atoms with Gasteiger partial charge in [0.15, 0.2) is 5.76 Å². The summed E-state index contributed by atoms with van der Waals surface area (Å²) in [5.74, 6) is 0.605. The van der Waals surface area contributed by atoms with Gasteiger partial charge in [-0.25, -0.2) is 0 Å². The lowest BCUT2D eigenvalue weighted by Crippen LogP contribution is -2.33. The van der Waals surface area contributed by atoms with E-state index in [9.17, 15) is 4.79 Å². The number of Topliss-reactive ketones (excluding diaryl/α,β-unsaturated/α-hetero) is 1. The molecule has 1 fully saturated rings. The van der Waals surface area contributed by atoms with Crippen LogP contribution in [0.25, 0.3) is 0 Å². The minimum Gasteiger partial charge on any atom is -0.460 e. The van der Waals surface area contributed by atoms with Crippen LogP contribution in [-0.2, 0) is 0 Å². The van der Waals surface area contributed by atoms with Crippen molar-refractivity contribution in [2.75, 3.05) is 13.1 Å². The monoisotopic (exact) mass is 285 g/mol. The Hall–Kier alpha value is -0.610. The number of nitrogens with one attached hydrogen (secondary N) is 1. The standard InChI is InChI=1S/C12H16BrNO2/c1-2-4-12(5-6-14-8-12)11(15)10-9(13)3-7-16-10/h3,7,14H,2,4-6,8H2,1H3. The zero-order chi connectivity index (χ0) is 11.6. The van der Waals surface area contributed by atoms with Crippen molar-refractivity contribution in [3.05, 3.63) is 22.6 Å². The van der Waals surface area contributed by atoms with Crippen LogP contribution < -0.4 is 5.32 Å². The molecule has 0 aliphatic carbocycles. The van der Waals surface area contributed by atoms with Gasteiger partial charge in [-0.2, -0.15) is 0 Å². The Balaban J connectivity index is 2.27. The highest BCUT2D eigenvalue weighted by Crippen LogP contribution is 2.36. The molecule has 1 atom stereocenters. The summed E-state index contributed by atoms with van der Waals surface area (Å²) in [7, 11) is 0. The number of furan rings is 1. The Morgan fingerprint density at radius 1 is 1.69 bits per heavy atom. The average Bonchev–Trinajstić information content (AvgIpc) is 2.87. The van der Waals surface area contributed by atoms with Crippen molar-refractivity contribution >= 4 is 21.7 Å². The van der Waals surface area contributed by atoms with E-state index in [4.69, 9.17) is 4.42 Å². The molecular formula is C12H16BrNO2. The van der Waals surface area contributed by atoms with Crippen LogP contribution in [0.5, 0.6) is 0 Å². The van der Waals surface area contributed by atoms with Crippen LogP contribution in [0.1, 0.15) is 36.7 Å². The first-order chi connectivity index (χ1) is 7.69. The van der Waals surface area contributed by atoms with E-state index in [0.29, 0.717) is 5.76 Å². The summed E-state index contributed by atoms with van der Waals surface area (Å²) in [6.45, 7) is 3.81. The van der Waals surface area contributed by atoms with Crippen molar-refractivity contribution in [3.8, 4) is 0 Å². The number of hydrogen-bond donors (Lipinski definition) is 1. The van der Waals surface area contributed by atoms with Gasteiger partial charge in [-0.05, 0) is 41.4 Å². The second-order valence-corrected chi connectivity index (χ2v) is 5.24. The van der Waals surface area contributed by atoms with Gasteiger partial charge in [0, 0.05) is 6.54 Å². The molecule has 1 unspecified atom stereocenters. The molecule has 4 heteroatoms. The van der Waals surface area contributed by atoms with Gasteiger partial charge in [0.2, 0.25) is 5.78 Å². The first-order valence-electron chi connectivity index (χ1n) is 5.68. The average molecular weight is 286 g/mol. The van der Waals surface area contributed by atoms with E-state index in [1.54, 1.807) is 12.3 Å². The van der Waals surface area contributed by atoms with Crippen LogP contribution in [0.3, 0.4) is 0 Å². The maximum absolute atomic E-state index is 12.5. The highest BCUT2D eigenvalue weighted by molar-refractivity contribution is 9.10. The number of carbonyl (C=O) groups excluding carboxylic acids is 1. The van der Waals surface area contributed by atoms with E-state index in [0.717, 1.165) is 36.8 Å². The summed E-state index contributed by atoms with van der Waals surface area (Å²) < 4.78 is 6.05. The Bertz CT molecular complexity index is 380. The quantitative estimate of drug-likeness (QED) is 0.865. The third-order valence-corrected chi connectivity index (χ3v) is 3.90. The molecule has 0 saturated carbocycles. The van der Waals surface area contributed by atoms with Crippen molar-refractivity contribution in [3.63, 3.8) is 0 Å². The second kappa shape index (κ2) is 4.72. The molecule has 2 heterocycles. The van der Waals surface area contributed by atoms with Gasteiger partial charge < -0.3 is 9.73 Å². The minimum atomic E-state index is -0.255. The van der Waals surface area contributed by atoms with Crippen molar-refractivity contribution in [1.29, 1.82) is 0 Å². The van der Waals surface area contributed by atoms with Gasteiger partial charge in [-0.1, -0.05) is 13.3 Å². The fraction of sp³-hybridized carbons (Fsp3) is 0.583. The SMILES string of the molecule is CCCC1(C(=O)c2occc2Br)CCNC1. The van der Waals surface area contributed by atoms with E-state index in [2.05, 4.69) is 28.2 Å². The van der Waals surface area contributed by atoms with Crippen molar-refractivity contribution in [2.45, 2.75) is 26.2 Å². The maximum atomic E-state index is 12.5. The van der Waals surface area contributed by atoms with Crippen LogP contribution in [0, 0.1) is 5.41 Å². The summed E-state index contributed by atoms with van der Waals surface area (Å²) in [5, 5.41) is 3.28. The largest absolute Gasteiger partial charge is 0.460 e. The molecule has 1 aliphatic rings. The van der Waals surface area contributed by atoms with Crippen LogP contribution in [0.4, 0.5) is 0 Å². The van der Waals surface area contributed by atoms with Gasteiger partial charge >= 0.3 is 0 Å². The van der Waals surface area contributed by atoms with Crippen LogP contribution >= 0.6 is 15.9 Å². The molecule has 16 heavy (non-hydrogen) atoms. The summed E-state index contributed by atoms with van der Waals surface area (Å²) >= 11 is 3.35. The van der Waals surface area contributed by atoms with Crippen molar-refractivity contribution in [1.82, 2.24) is 5.32 Å². The normalized spacial score (nSPS) is 24.9. The highest BCUT2D eigenvalue weighted by atomic mass is 79.9. The van der Waals surface area contributed by atoms with E-state index in [1.165, 1.54) is 0 Å². The van der Waals surface area contributed by atoms with Gasteiger partial charge in [0.25, 0.3) is 0 Å². The molecule has 2 rings (SSSR count). The van der Waals surface area contributed by atoms with Crippen LogP contribution in [0.2, 0.25) is 0 Å². The molecule has 3 nitrogen and oxygen atoms in total. The molecule has 88 valence electrons. The summed E-state index contributed by atoms with van der Waals surface area (Å²) in [5.41, 5.74) is -0.255. The number of rotatable bonds is 4. The number of ketones is 1. The lowest BCUT2D eigenvalue weighted by molar-refractivity contribution is 0.0770. The lowest BCUT2D eigenvalue weighted by atomic mass is 9.77. The Labute approximate surface area is 104 Å². The fourth-order valence-corrected chi connectivity index (χ4v) is 2.82. The van der Waals surface area contributed by atoms with Crippen LogP contribution in [0.15, 0.2) is 21.2 Å². The smallest absolute Gasteiger partial charge is 0.206 e. The van der Waals surface area contributed by atoms with E-state index in [1.807, 2.05) is 0 Å². The lowest BCUT2D eigenvalue weighted by Gasteiger charge is -2.24. The second-order valence-electron chi connectivity index (χ2n) is 4.38. The Morgan fingerprint density at radius 3 is 3.00 bits per heavy atom. The molecule has 1 aromatic heterocycles. The molecule has 0 bridgehead atoms. The molecule has 0 spiro atoms. The molecule has 1 N–H and O–H groups in total. The van der Waals surface area contributed by atoms with Crippen molar-refractivity contribution in [2.24, 2.45) is 5.41 Å². The summed E-state index contributed by atoms with van der Waals surface area (Å²) in [6, 6.07) is 1.77. The molecular weight excluding hydrogens is 270 g/mol. The number of halogens is 1. The first kappa shape index (κ1) is 11.9. The molecule has 0 aromatic carbocycles. The predicted octanol–water partition coefficient (Wildman–Crippen LogP) is 3.00. The van der Waals surface area contributed by atoms with Gasteiger partial charge in [0.05, 0.1) is 16.2 Å². The first-order valence-corrected chi connectivity index (χ1v) is 6.47. The van der Waals surface area contributed by atoms with Crippen LogP contribution in [-0.4, -0.2) is 18.9 Å². The molecule has 1 aliphatic heterocycles. The van der Waals surface area contributed by atoms with E-state index < -0.39 is 0 Å². The predicted molar refractivity (Wildman–Crippen MR) is 65.6 cm³/mol. The summed E-state index contributed by atoms with van der Waals surface area (Å²) in [6.07, 6.45) is 4.41. The highest BCUT2D eigenvalue weighted by Gasteiger charge is 2.42. The zero-order valence-electron chi connectivity index (χ0n) is 9.38. The topological polar surface area (TPSA) is 42.2 Å². The van der Waals surface area contributed by atoms with Gasteiger partial charge in [-0.15, -0.1) is 0 Å². The molecule has 0 amide bonds. The van der Waals surface area contributed by atoms with E-state index >= 15 is 0 Å². The maximum Gasteiger partial charge on any atom is 0.206 e. The number of carbonyl (C=O) groups is 1.